The number of nitrogens with two attached hydrogens (primary N) is 2. The zero-order valence-corrected chi connectivity index (χ0v) is 42.2. The number of fused-ring (bicyclic) bond motifs is 2. The summed E-state index contributed by atoms with van der Waals surface area (Å²) in [5.74, 6) is -0.490. The van der Waals surface area contributed by atoms with Crippen LogP contribution in [-0.2, 0) is 30.8 Å². The second-order valence-electron chi connectivity index (χ2n) is 8.38. The normalized spacial score (nSPS) is 9.14. The number of thiazole rings is 2. The maximum atomic E-state index is 13.1. The monoisotopic (exact) mass is 1200 g/mol. The number of aromatic nitrogens is 2. The summed E-state index contributed by atoms with van der Waals surface area (Å²) in [6, 6.07) is 10.9. The standard InChI is InChI=1S/C7H2BrClFNS.C7H4BrFN2S.C6H5BrFN.C5H11NO2.CNS.Br2.2ClH.Cu.K/c8-3-1-4(10)6-5(2-3)12-7(9)11-6;8-3-1-4(9)6-5(2-3)12-7(10)11-6;7-4-1-2-6(9)5(8)3-4;1-5(2)3-4-8-6-7;1-2-3;1-2;;;;/h1-2H;1-2H,(H2,10,11);1-3H,9H2;5H,3-4H2,1-2H3;;;2*1H;;/q;;;;-1;;;;+2;+1/p-2. The zero-order chi connectivity index (χ0) is 38.1. The maximum absolute atomic E-state index is 13.1. The zero-order valence-electron chi connectivity index (χ0n) is 25.5. The van der Waals surface area contributed by atoms with E-state index in [2.05, 4.69) is 147 Å². The topological polar surface area (TPSA) is 121 Å². The molecule has 0 radical (unpaired) electrons. The van der Waals surface area contributed by atoms with Crippen LogP contribution in [0.4, 0.5) is 24.0 Å². The molecule has 2 heterocycles. The summed E-state index contributed by atoms with van der Waals surface area (Å²) in [5, 5.41) is 2.65. The molecule has 0 aliphatic carbocycles. The third kappa shape index (κ3) is 25.4. The van der Waals surface area contributed by atoms with Crippen LogP contribution >= 0.6 is 131 Å². The molecule has 0 spiro atoms. The van der Waals surface area contributed by atoms with Gasteiger partial charge >= 0.3 is 84.7 Å². The summed E-state index contributed by atoms with van der Waals surface area (Å²) in [4.78, 5) is 21.2. The summed E-state index contributed by atoms with van der Waals surface area (Å²) in [5.41, 5.74) is 11.5. The van der Waals surface area contributed by atoms with E-state index in [0.717, 1.165) is 29.0 Å². The Balaban J connectivity index is -0.000000553. The molecule has 0 atom stereocenters. The van der Waals surface area contributed by atoms with Gasteiger partial charge in [-0.15, -0.1) is 16.2 Å². The number of rotatable bonds is 4. The molecule has 0 fully saturated rings. The van der Waals surface area contributed by atoms with Gasteiger partial charge in [-0.2, -0.15) is 0 Å². The molecule has 50 heavy (non-hydrogen) atoms. The van der Waals surface area contributed by atoms with E-state index < -0.39 is 0 Å². The molecule has 0 aliphatic heterocycles. The van der Waals surface area contributed by atoms with Crippen LogP contribution in [0.3, 0.4) is 0 Å². The van der Waals surface area contributed by atoms with Crippen LogP contribution in [0.1, 0.15) is 20.3 Å². The number of halogens is 11. The van der Waals surface area contributed by atoms with Crippen molar-refractivity contribution in [2.75, 3.05) is 18.1 Å². The van der Waals surface area contributed by atoms with Crippen molar-refractivity contribution in [3.05, 3.63) is 93.5 Å². The smallest absolute Gasteiger partial charge is 1.00 e. The molecule has 4 N–H and O–H groups in total. The Morgan fingerprint density at radius 3 is 1.80 bits per heavy atom. The summed E-state index contributed by atoms with van der Waals surface area (Å²) in [6.45, 7) is 10.2. The fraction of sp³-hybridized carbons (Fsp3) is 0.192. The van der Waals surface area contributed by atoms with Gasteiger partial charge in [-0.25, -0.2) is 23.1 Å². The van der Waals surface area contributed by atoms with Crippen LogP contribution in [-0.4, -0.2) is 16.6 Å². The molecule has 0 bridgehead atoms. The molecule has 0 saturated carbocycles. The van der Waals surface area contributed by atoms with Crippen LogP contribution in [0.25, 0.3) is 24.7 Å². The van der Waals surface area contributed by atoms with Crippen LogP contribution < -0.4 is 62.9 Å². The minimum Gasteiger partial charge on any atom is 1.00 e. The van der Waals surface area contributed by atoms with Crippen molar-refractivity contribution in [1.82, 2.24) is 9.97 Å². The van der Waals surface area contributed by atoms with Gasteiger partial charge in [0, 0.05) is 41.7 Å². The first-order valence-electron chi connectivity index (χ1n) is 12.2. The summed E-state index contributed by atoms with van der Waals surface area (Å²) >= 11 is 27.6. The van der Waals surface area contributed by atoms with Crippen molar-refractivity contribution in [2.45, 2.75) is 20.3 Å². The maximum Gasteiger partial charge on any atom is 1.00 e. The molecule has 0 amide bonds. The minimum atomic E-state index is -0.385. The molecule has 3 aromatic carbocycles. The van der Waals surface area contributed by atoms with E-state index in [1.165, 1.54) is 46.9 Å². The van der Waals surface area contributed by atoms with Gasteiger partial charge in [-0.3, -0.25) is 6.57 Å². The molecular weight excluding hydrogens is 1190 g/mol. The van der Waals surface area contributed by atoms with E-state index in [1.54, 1.807) is 18.2 Å². The Bertz CT molecular complexity index is 1670. The summed E-state index contributed by atoms with van der Waals surface area (Å²) in [6.07, 6.45) is 0.895. The van der Waals surface area contributed by atoms with E-state index in [1.807, 2.05) is 0 Å². The molecule has 275 valence electrons. The predicted octanol–water partition coefficient (Wildman–Crippen LogP) is 11.0. The van der Waals surface area contributed by atoms with Crippen molar-refractivity contribution in [2.24, 2.45) is 11.3 Å². The second kappa shape index (κ2) is 33.7. The first-order valence-corrected chi connectivity index (χ1v) is 23.2. The van der Waals surface area contributed by atoms with E-state index in [4.69, 9.17) is 29.6 Å². The minimum absolute atomic E-state index is 0. The number of anilines is 2. The van der Waals surface area contributed by atoms with Gasteiger partial charge in [0.2, 0.25) is 0 Å². The molecule has 8 nitrogen and oxygen atoms in total. The second-order valence-corrected chi connectivity index (χ2v) is 15.5. The molecule has 24 heteroatoms. The van der Waals surface area contributed by atoms with Crippen molar-refractivity contribution in [1.29, 1.82) is 0 Å². The van der Waals surface area contributed by atoms with Crippen molar-refractivity contribution < 1.29 is 82.5 Å². The third-order valence-electron chi connectivity index (χ3n) is 4.62. The Hall–Kier alpha value is 1.37. The Morgan fingerprint density at radius 1 is 0.940 bits per heavy atom. The first kappa shape index (κ1) is 55.7. The van der Waals surface area contributed by atoms with E-state index in [0.29, 0.717) is 46.6 Å². The van der Waals surface area contributed by atoms with Crippen LogP contribution in [0.5, 0.6) is 0 Å². The number of hydrogen-bond acceptors (Lipinski definition) is 10. The Labute approximate surface area is 403 Å². The number of nitrogens with zero attached hydrogens (tertiary/aromatic N) is 4. The van der Waals surface area contributed by atoms with Gasteiger partial charge in [0.1, 0.15) is 23.5 Å². The van der Waals surface area contributed by atoms with Gasteiger partial charge in [0.25, 0.3) is 0 Å². The quantitative estimate of drug-likeness (QED) is 0.0350. The van der Waals surface area contributed by atoms with Gasteiger partial charge in [-0.1, -0.05) is 84.6 Å². The average molecular weight is 1210 g/mol. The van der Waals surface area contributed by atoms with Gasteiger partial charge in [-0.05, 0) is 54.8 Å². The molecular formula is C26H22Br5Cl3CuF3KN6O2S3. The van der Waals surface area contributed by atoms with Crippen LogP contribution in [0.2, 0.25) is 4.47 Å². The number of hydrogen-bond donors (Lipinski definition) is 2. The van der Waals surface area contributed by atoms with Gasteiger partial charge in [0.15, 0.2) is 26.6 Å². The van der Waals surface area contributed by atoms with Gasteiger partial charge in [0.05, 0.1) is 15.1 Å². The fourth-order valence-corrected chi connectivity index (χ4v) is 6.09. The first-order chi connectivity index (χ1) is 23.1. The van der Waals surface area contributed by atoms with Crippen LogP contribution in [0, 0.1) is 34.8 Å². The Kier molecular flexibility index (Phi) is 37.5. The third-order valence-corrected chi connectivity index (χ3v) is 7.97. The molecule has 2 aromatic heterocycles. The number of nitrogen functional groups attached to an aromatic ring is 2. The summed E-state index contributed by atoms with van der Waals surface area (Å²) < 4.78 is 45.0. The van der Waals surface area contributed by atoms with Crippen molar-refractivity contribution >= 4 is 175 Å². The predicted molar refractivity (Wildman–Crippen MR) is 217 cm³/mol. The average Bonchev–Trinajstić information content (AvgIpc) is 3.59. The van der Waals surface area contributed by atoms with Crippen LogP contribution in [0.15, 0.2) is 61.2 Å². The largest absolute Gasteiger partial charge is 1.00 e. The van der Waals surface area contributed by atoms with E-state index in [-0.39, 0.29) is 74.5 Å². The van der Waals surface area contributed by atoms with Gasteiger partial charge < -0.3 is 33.4 Å². The van der Waals surface area contributed by atoms with E-state index in [9.17, 15) is 18.1 Å². The molecule has 0 unspecified atom stereocenters. The van der Waals surface area contributed by atoms with E-state index >= 15 is 0 Å². The molecule has 0 aliphatic rings. The number of benzene rings is 3. The Morgan fingerprint density at radius 2 is 1.38 bits per heavy atom. The van der Waals surface area contributed by atoms with Crippen molar-refractivity contribution in [3.63, 3.8) is 0 Å². The van der Waals surface area contributed by atoms with Crippen molar-refractivity contribution in [3.8, 4) is 0 Å². The SMILES string of the molecule is BrBr.CC(C)CCON=O.Fc1cc(Br)cc2sc(Cl)nc12.Nc1ccc(Br)cc1F.Nc1nc2c(F)cc(Br)cc2s1.[C-]#[N+][S-].[Cl][Cu][Cl].[K+]. The molecule has 5 aromatic rings. The molecule has 5 rings (SSSR count). The molecule has 0 saturated heterocycles. The fourth-order valence-electron chi connectivity index (χ4n) is 2.73. The summed E-state index contributed by atoms with van der Waals surface area (Å²) in [7, 11) is 9.34.